The summed E-state index contributed by atoms with van der Waals surface area (Å²) in [5, 5.41) is 7.06. The fourth-order valence-corrected chi connectivity index (χ4v) is 2.38. The van der Waals surface area contributed by atoms with Crippen molar-refractivity contribution < 1.29 is 4.79 Å². The summed E-state index contributed by atoms with van der Waals surface area (Å²) in [5.41, 5.74) is 0.189. The van der Waals surface area contributed by atoms with E-state index >= 15 is 0 Å². The first-order valence-electron chi connectivity index (χ1n) is 7.57. The van der Waals surface area contributed by atoms with Crippen molar-refractivity contribution in [2.24, 2.45) is 5.92 Å². The molecule has 1 amide bonds. The normalized spacial score (nSPS) is 18.1. The van der Waals surface area contributed by atoms with Crippen LogP contribution < -0.4 is 10.6 Å². The zero-order valence-electron chi connectivity index (χ0n) is 13.3. The number of likely N-dealkylation sites (tertiary alicyclic amines) is 1. The molecule has 1 saturated heterocycles. The van der Waals surface area contributed by atoms with E-state index in [1.165, 1.54) is 0 Å². The van der Waals surface area contributed by atoms with Crippen LogP contribution in [-0.4, -0.2) is 48.6 Å². The Kier molecular flexibility index (Phi) is 6.27. The average molecular weight is 269 g/mol. The monoisotopic (exact) mass is 269 g/mol. The van der Waals surface area contributed by atoms with E-state index in [0.29, 0.717) is 11.9 Å². The van der Waals surface area contributed by atoms with E-state index < -0.39 is 0 Å². The molecule has 112 valence electrons. The van der Waals surface area contributed by atoms with Crippen molar-refractivity contribution in [2.75, 3.05) is 26.2 Å². The lowest BCUT2D eigenvalue weighted by atomic mass is 10.0. The molecule has 0 spiro atoms. The van der Waals surface area contributed by atoms with E-state index in [-0.39, 0.29) is 11.5 Å². The molecule has 0 atom stereocenters. The molecule has 0 bridgehead atoms. The van der Waals surface area contributed by atoms with Crippen molar-refractivity contribution in [2.45, 2.75) is 59.0 Å². The molecule has 4 nitrogen and oxygen atoms in total. The third-order valence-corrected chi connectivity index (χ3v) is 3.51. The summed E-state index contributed by atoms with van der Waals surface area (Å²) in [5.74, 6) is 0.424. The molecule has 0 aromatic rings. The molecule has 0 aliphatic carbocycles. The smallest absolute Gasteiger partial charge is 0.225 e. The highest BCUT2D eigenvalue weighted by Crippen LogP contribution is 2.13. The van der Waals surface area contributed by atoms with Gasteiger partial charge in [0.05, 0.1) is 0 Å². The van der Waals surface area contributed by atoms with Crippen LogP contribution in [0.1, 0.15) is 47.5 Å². The largest absolute Gasteiger partial charge is 0.342 e. The fraction of sp³-hybridized carbons (Fsp3) is 0.933. The number of hydrogen-bond donors (Lipinski definition) is 2. The molecular weight excluding hydrogens is 238 g/mol. The highest BCUT2D eigenvalue weighted by atomic mass is 16.2. The van der Waals surface area contributed by atoms with Gasteiger partial charge in [0.2, 0.25) is 5.91 Å². The zero-order chi connectivity index (χ0) is 14.5. The van der Waals surface area contributed by atoms with Gasteiger partial charge in [0.25, 0.3) is 0 Å². The maximum atomic E-state index is 11.9. The summed E-state index contributed by atoms with van der Waals surface area (Å²) in [6, 6.07) is 0.568. The summed E-state index contributed by atoms with van der Waals surface area (Å²) in [6.45, 7) is 14.3. The molecule has 0 aromatic carbocycles. The number of nitrogens with one attached hydrogen (secondary N) is 2. The fourth-order valence-electron chi connectivity index (χ4n) is 2.38. The van der Waals surface area contributed by atoms with Crippen molar-refractivity contribution in [1.82, 2.24) is 15.5 Å². The van der Waals surface area contributed by atoms with Crippen molar-refractivity contribution in [3.8, 4) is 0 Å². The Morgan fingerprint density at radius 3 is 2.26 bits per heavy atom. The van der Waals surface area contributed by atoms with Crippen LogP contribution >= 0.6 is 0 Å². The standard InChI is InChI=1S/C15H31N3O/c1-12(2)14(19)18-10-6-13(7-11-18)16-8-9-17-15(3,4)5/h12-13,16-17H,6-11H2,1-5H3. The van der Waals surface area contributed by atoms with Gasteiger partial charge < -0.3 is 15.5 Å². The van der Waals surface area contributed by atoms with Gasteiger partial charge in [-0.2, -0.15) is 0 Å². The van der Waals surface area contributed by atoms with Crippen LogP contribution in [0.5, 0.6) is 0 Å². The molecular formula is C15H31N3O. The van der Waals surface area contributed by atoms with Crippen LogP contribution in [0.3, 0.4) is 0 Å². The molecule has 1 aliphatic rings. The Bertz CT molecular complexity index is 276. The molecule has 0 radical (unpaired) electrons. The van der Waals surface area contributed by atoms with Gasteiger partial charge >= 0.3 is 0 Å². The molecule has 0 aromatic heterocycles. The van der Waals surface area contributed by atoms with Crippen LogP contribution in [-0.2, 0) is 4.79 Å². The van der Waals surface area contributed by atoms with Gasteiger partial charge in [-0.1, -0.05) is 13.8 Å². The Hall–Kier alpha value is -0.610. The maximum Gasteiger partial charge on any atom is 0.225 e. The Morgan fingerprint density at radius 2 is 1.79 bits per heavy atom. The number of carbonyl (C=O) groups is 1. The first kappa shape index (κ1) is 16.4. The molecule has 19 heavy (non-hydrogen) atoms. The summed E-state index contributed by atoms with van der Waals surface area (Å²) in [4.78, 5) is 13.9. The minimum Gasteiger partial charge on any atom is -0.342 e. The molecule has 1 fully saturated rings. The Morgan fingerprint density at radius 1 is 1.21 bits per heavy atom. The molecule has 0 unspecified atom stereocenters. The van der Waals surface area contributed by atoms with E-state index in [1.54, 1.807) is 0 Å². The number of piperidine rings is 1. The number of amides is 1. The Labute approximate surface area is 118 Å². The van der Waals surface area contributed by atoms with Crippen LogP contribution in [0.15, 0.2) is 0 Å². The predicted molar refractivity (Wildman–Crippen MR) is 80.2 cm³/mol. The van der Waals surface area contributed by atoms with Crippen LogP contribution in [0, 0.1) is 5.92 Å². The van der Waals surface area contributed by atoms with Crippen molar-refractivity contribution in [3.05, 3.63) is 0 Å². The minimum absolute atomic E-state index is 0.125. The van der Waals surface area contributed by atoms with Gasteiger partial charge in [-0.15, -0.1) is 0 Å². The van der Waals surface area contributed by atoms with Gasteiger partial charge in [-0.25, -0.2) is 0 Å². The van der Waals surface area contributed by atoms with E-state index in [0.717, 1.165) is 39.0 Å². The lowest BCUT2D eigenvalue weighted by Gasteiger charge is -2.33. The lowest BCUT2D eigenvalue weighted by molar-refractivity contribution is -0.135. The second-order valence-corrected chi connectivity index (χ2v) is 6.89. The first-order valence-corrected chi connectivity index (χ1v) is 7.57. The van der Waals surface area contributed by atoms with Crippen molar-refractivity contribution in [1.29, 1.82) is 0 Å². The molecule has 1 aliphatic heterocycles. The Balaban J connectivity index is 2.15. The molecule has 0 saturated carbocycles. The average Bonchev–Trinajstić information content (AvgIpc) is 2.33. The van der Waals surface area contributed by atoms with Gasteiger partial charge in [-0.05, 0) is 33.6 Å². The highest BCUT2D eigenvalue weighted by molar-refractivity contribution is 5.78. The second-order valence-electron chi connectivity index (χ2n) is 6.89. The van der Waals surface area contributed by atoms with E-state index in [1.807, 2.05) is 18.7 Å². The summed E-state index contributed by atoms with van der Waals surface area (Å²) in [6.07, 6.45) is 2.15. The molecule has 2 N–H and O–H groups in total. The quantitative estimate of drug-likeness (QED) is 0.745. The number of hydrogen-bond acceptors (Lipinski definition) is 3. The summed E-state index contributed by atoms with van der Waals surface area (Å²) in [7, 11) is 0. The number of rotatable bonds is 5. The molecule has 4 heteroatoms. The SMILES string of the molecule is CC(C)C(=O)N1CCC(NCCNC(C)(C)C)CC1. The molecule has 1 heterocycles. The second kappa shape index (κ2) is 7.25. The highest BCUT2D eigenvalue weighted by Gasteiger charge is 2.23. The predicted octanol–water partition coefficient (Wildman–Crippen LogP) is 1.61. The van der Waals surface area contributed by atoms with Crippen molar-refractivity contribution >= 4 is 5.91 Å². The van der Waals surface area contributed by atoms with E-state index in [2.05, 4.69) is 31.4 Å². The van der Waals surface area contributed by atoms with Gasteiger partial charge in [0.15, 0.2) is 0 Å². The zero-order valence-corrected chi connectivity index (χ0v) is 13.3. The van der Waals surface area contributed by atoms with Crippen molar-refractivity contribution in [3.63, 3.8) is 0 Å². The topological polar surface area (TPSA) is 44.4 Å². The first-order chi connectivity index (χ1) is 8.79. The van der Waals surface area contributed by atoms with E-state index in [9.17, 15) is 4.79 Å². The van der Waals surface area contributed by atoms with Gasteiger partial charge in [0, 0.05) is 43.7 Å². The van der Waals surface area contributed by atoms with Crippen LogP contribution in [0.2, 0.25) is 0 Å². The summed E-state index contributed by atoms with van der Waals surface area (Å²) >= 11 is 0. The number of nitrogens with zero attached hydrogens (tertiary/aromatic N) is 1. The lowest BCUT2D eigenvalue weighted by Crippen LogP contribution is -2.48. The number of carbonyl (C=O) groups excluding carboxylic acids is 1. The summed E-state index contributed by atoms with van der Waals surface area (Å²) < 4.78 is 0. The third kappa shape index (κ3) is 6.39. The van der Waals surface area contributed by atoms with Gasteiger partial charge in [-0.3, -0.25) is 4.79 Å². The third-order valence-electron chi connectivity index (χ3n) is 3.51. The maximum absolute atomic E-state index is 11.9. The van der Waals surface area contributed by atoms with Crippen LogP contribution in [0.4, 0.5) is 0 Å². The van der Waals surface area contributed by atoms with Gasteiger partial charge in [0.1, 0.15) is 0 Å². The van der Waals surface area contributed by atoms with Crippen LogP contribution in [0.25, 0.3) is 0 Å². The van der Waals surface area contributed by atoms with E-state index in [4.69, 9.17) is 0 Å². The minimum atomic E-state index is 0.125. The molecule has 1 rings (SSSR count).